The lowest BCUT2D eigenvalue weighted by atomic mass is 9.76. The molecular weight excluding hydrogens is 308 g/mol. The summed E-state index contributed by atoms with van der Waals surface area (Å²) in [6, 6.07) is 0. The fourth-order valence-corrected chi connectivity index (χ4v) is 3.16. The quantitative estimate of drug-likeness (QED) is 0.854. The van der Waals surface area contributed by atoms with E-state index in [1.807, 2.05) is 20.8 Å². The van der Waals surface area contributed by atoms with Crippen molar-refractivity contribution in [3.05, 3.63) is 24.3 Å². The largest absolute Gasteiger partial charge is 0.444 e. The Labute approximate surface area is 141 Å². The van der Waals surface area contributed by atoms with Crippen LogP contribution in [0, 0.1) is 0 Å². The molecule has 0 aromatic carbocycles. The van der Waals surface area contributed by atoms with Crippen molar-refractivity contribution in [2.45, 2.75) is 44.6 Å². The third-order valence-corrected chi connectivity index (χ3v) is 4.39. The second-order valence-electron chi connectivity index (χ2n) is 7.20. The predicted octanol–water partition coefficient (Wildman–Crippen LogP) is 2.34. The Bertz CT molecular complexity index is 700. The number of hydrogen-bond donors (Lipinski definition) is 1. The highest BCUT2D eigenvalue weighted by Gasteiger charge is 2.50. The van der Waals surface area contributed by atoms with Gasteiger partial charge in [0.05, 0.1) is 23.0 Å². The number of amides is 2. The molecule has 0 unspecified atom stereocenters. The fraction of sp³-hybridized carbons (Fsp3) is 0.529. The van der Waals surface area contributed by atoms with Crippen molar-refractivity contribution >= 4 is 23.8 Å². The van der Waals surface area contributed by atoms with E-state index in [1.54, 1.807) is 17.2 Å². The Kier molecular flexibility index (Phi) is 3.81. The van der Waals surface area contributed by atoms with Gasteiger partial charge < -0.3 is 15.0 Å². The van der Waals surface area contributed by atoms with E-state index in [2.05, 4.69) is 21.9 Å². The monoisotopic (exact) mass is 330 g/mol. The van der Waals surface area contributed by atoms with Gasteiger partial charge in [-0.3, -0.25) is 4.79 Å². The van der Waals surface area contributed by atoms with Crippen molar-refractivity contribution < 1.29 is 14.3 Å². The van der Waals surface area contributed by atoms with E-state index in [4.69, 9.17) is 4.74 Å². The van der Waals surface area contributed by atoms with Crippen LogP contribution in [0.25, 0.3) is 6.08 Å². The number of carbonyl (C=O) groups excluding carboxylic acids is 2. The molecule has 1 saturated heterocycles. The Morgan fingerprint density at radius 3 is 2.67 bits per heavy atom. The van der Waals surface area contributed by atoms with Crippen LogP contribution in [0.1, 0.15) is 45.1 Å². The van der Waals surface area contributed by atoms with Crippen LogP contribution < -0.4 is 5.32 Å². The summed E-state index contributed by atoms with van der Waals surface area (Å²) < 4.78 is 5.41. The number of hydrogen-bond acceptors (Lipinski definition) is 5. The van der Waals surface area contributed by atoms with Crippen LogP contribution in [0.4, 0.5) is 10.5 Å². The van der Waals surface area contributed by atoms with Crippen molar-refractivity contribution in [1.29, 1.82) is 0 Å². The highest BCUT2D eigenvalue weighted by Crippen LogP contribution is 2.43. The van der Waals surface area contributed by atoms with Crippen molar-refractivity contribution in [3.8, 4) is 0 Å². The van der Waals surface area contributed by atoms with Crippen LogP contribution in [0.15, 0.2) is 12.8 Å². The van der Waals surface area contributed by atoms with Gasteiger partial charge in [0.25, 0.3) is 0 Å². The Balaban J connectivity index is 1.80. The molecule has 7 nitrogen and oxygen atoms in total. The number of rotatable bonds is 1. The minimum absolute atomic E-state index is 0.0724. The number of anilines is 1. The molecule has 1 aromatic heterocycles. The summed E-state index contributed by atoms with van der Waals surface area (Å²) in [6.07, 6.45) is 3.86. The van der Waals surface area contributed by atoms with Gasteiger partial charge in [-0.2, -0.15) is 0 Å². The van der Waals surface area contributed by atoms with Crippen molar-refractivity contribution in [1.82, 2.24) is 14.9 Å². The molecule has 0 aliphatic carbocycles. The van der Waals surface area contributed by atoms with Gasteiger partial charge in [-0.1, -0.05) is 6.58 Å². The molecule has 3 rings (SSSR count). The maximum atomic E-state index is 12.6. The normalized spacial score (nSPS) is 19.0. The molecule has 0 atom stereocenters. The number of fused-ring (bicyclic) bond motifs is 2. The first-order chi connectivity index (χ1) is 11.2. The number of likely N-dealkylation sites (tertiary alicyclic amines) is 1. The summed E-state index contributed by atoms with van der Waals surface area (Å²) in [5.74, 6) is 0.427. The molecule has 0 saturated carbocycles. The minimum Gasteiger partial charge on any atom is -0.444 e. The van der Waals surface area contributed by atoms with Gasteiger partial charge in [-0.15, -0.1) is 0 Å². The van der Waals surface area contributed by atoms with E-state index < -0.39 is 11.0 Å². The van der Waals surface area contributed by atoms with Crippen molar-refractivity contribution in [2.24, 2.45) is 0 Å². The fourth-order valence-electron chi connectivity index (χ4n) is 3.16. The van der Waals surface area contributed by atoms with Gasteiger partial charge in [-0.05, 0) is 39.7 Å². The molecule has 2 amide bonds. The molecule has 0 bridgehead atoms. The third-order valence-electron chi connectivity index (χ3n) is 4.39. The molecule has 1 aromatic rings. The van der Waals surface area contributed by atoms with Crippen LogP contribution in [0.5, 0.6) is 0 Å². The van der Waals surface area contributed by atoms with Gasteiger partial charge in [0.15, 0.2) is 5.82 Å². The number of ether oxygens (including phenoxy) is 1. The zero-order valence-corrected chi connectivity index (χ0v) is 14.3. The van der Waals surface area contributed by atoms with E-state index in [0.717, 1.165) is 0 Å². The number of piperidine rings is 1. The van der Waals surface area contributed by atoms with Crippen LogP contribution in [-0.2, 0) is 14.9 Å². The standard InChI is InChI=1S/C17H22N4O3/c1-5-12-18-10-11-13(20-12)17(14(22)19-11)6-8-21(9-7-17)15(23)24-16(2,3)4/h5,10H,1,6-9H2,2-4H3,(H,19,22). The summed E-state index contributed by atoms with van der Waals surface area (Å²) in [7, 11) is 0. The zero-order valence-electron chi connectivity index (χ0n) is 14.3. The van der Waals surface area contributed by atoms with Crippen LogP contribution in [0.2, 0.25) is 0 Å². The predicted molar refractivity (Wildman–Crippen MR) is 89.5 cm³/mol. The van der Waals surface area contributed by atoms with Gasteiger partial charge >= 0.3 is 6.09 Å². The summed E-state index contributed by atoms with van der Waals surface area (Å²) in [6.45, 7) is 10.1. The van der Waals surface area contributed by atoms with E-state index in [-0.39, 0.29) is 12.0 Å². The van der Waals surface area contributed by atoms with E-state index in [9.17, 15) is 9.59 Å². The molecule has 24 heavy (non-hydrogen) atoms. The van der Waals surface area contributed by atoms with Crippen LogP contribution >= 0.6 is 0 Å². The minimum atomic E-state index is -0.700. The van der Waals surface area contributed by atoms with E-state index in [1.165, 1.54) is 0 Å². The van der Waals surface area contributed by atoms with Gasteiger partial charge in [0, 0.05) is 13.1 Å². The zero-order chi connectivity index (χ0) is 17.5. The summed E-state index contributed by atoms with van der Waals surface area (Å²) >= 11 is 0. The third kappa shape index (κ3) is 2.74. The van der Waals surface area contributed by atoms with Crippen molar-refractivity contribution in [3.63, 3.8) is 0 Å². The Morgan fingerprint density at radius 2 is 2.08 bits per heavy atom. The Hall–Kier alpha value is -2.44. The Morgan fingerprint density at radius 1 is 1.42 bits per heavy atom. The molecule has 2 aliphatic rings. The average molecular weight is 330 g/mol. The first-order valence-corrected chi connectivity index (χ1v) is 8.04. The van der Waals surface area contributed by atoms with E-state index in [0.29, 0.717) is 43.1 Å². The second-order valence-corrected chi connectivity index (χ2v) is 7.20. The molecule has 2 aliphatic heterocycles. The van der Waals surface area contributed by atoms with Crippen LogP contribution in [0.3, 0.4) is 0 Å². The molecular formula is C17H22N4O3. The lowest BCUT2D eigenvalue weighted by Gasteiger charge is -2.37. The molecule has 1 N–H and O–H groups in total. The van der Waals surface area contributed by atoms with E-state index >= 15 is 0 Å². The maximum Gasteiger partial charge on any atom is 0.410 e. The van der Waals surface area contributed by atoms with Crippen LogP contribution in [-0.4, -0.2) is 45.6 Å². The summed E-state index contributed by atoms with van der Waals surface area (Å²) in [5.41, 5.74) is 0.127. The number of nitrogens with zero attached hydrogens (tertiary/aromatic N) is 3. The molecule has 1 spiro atoms. The summed E-state index contributed by atoms with van der Waals surface area (Å²) in [4.78, 5) is 35.1. The molecule has 1 fully saturated rings. The smallest absolute Gasteiger partial charge is 0.410 e. The highest BCUT2D eigenvalue weighted by atomic mass is 16.6. The molecule has 3 heterocycles. The van der Waals surface area contributed by atoms with Gasteiger partial charge in [-0.25, -0.2) is 14.8 Å². The lowest BCUT2D eigenvalue weighted by molar-refractivity contribution is -0.122. The summed E-state index contributed by atoms with van der Waals surface area (Å²) in [5, 5.41) is 2.86. The topological polar surface area (TPSA) is 84.4 Å². The molecule has 128 valence electrons. The SMILES string of the molecule is C=Cc1ncc2c(n1)C1(CCN(C(=O)OC(C)(C)C)CC1)C(=O)N2. The van der Waals surface area contributed by atoms with Crippen molar-refractivity contribution in [2.75, 3.05) is 18.4 Å². The first-order valence-electron chi connectivity index (χ1n) is 8.04. The number of aromatic nitrogens is 2. The molecule has 0 radical (unpaired) electrons. The maximum absolute atomic E-state index is 12.6. The first kappa shape index (κ1) is 16.4. The average Bonchev–Trinajstić information content (AvgIpc) is 2.78. The molecule has 7 heteroatoms. The van der Waals surface area contributed by atoms with Gasteiger partial charge in [0.1, 0.15) is 5.60 Å². The second kappa shape index (κ2) is 5.58. The van der Waals surface area contributed by atoms with Gasteiger partial charge in [0.2, 0.25) is 5.91 Å². The number of carbonyl (C=O) groups is 2. The number of nitrogens with one attached hydrogen (secondary N) is 1. The highest BCUT2D eigenvalue weighted by molar-refractivity contribution is 6.05. The lowest BCUT2D eigenvalue weighted by Crippen LogP contribution is -2.49.